The van der Waals surface area contributed by atoms with Crippen LogP contribution in [0.15, 0.2) is 42.7 Å². The van der Waals surface area contributed by atoms with E-state index in [0.717, 1.165) is 16.8 Å². The molecule has 1 aromatic heterocycles. The molecule has 1 amide bonds. The van der Waals surface area contributed by atoms with E-state index in [1.54, 1.807) is 18.3 Å². The second-order valence-electron chi connectivity index (χ2n) is 5.15. The lowest BCUT2D eigenvalue weighted by molar-refractivity contribution is 0.0941. The van der Waals surface area contributed by atoms with Crippen LogP contribution in [0, 0.1) is 13.8 Å². The van der Waals surface area contributed by atoms with Gasteiger partial charge in [-0.05, 0) is 43.2 Å². The number of nitrogens with zero attached hydrogens (tertiary/aromatic N) is 1. The molecule has 1 heterocycles. The average Bonchev–Trinajstić information content (AvgIpc) is 2.50. The Hall–Kier alpha value is -1.49. The molecule has 1 aromatic carbocycles. The minimum Gasteiger partial charge on any atom is -0.362 e. The van der Waals surface area contributed by atoms with E-state index in [2.05, 4.69) is 15.6 Å². The highest BCUT2D eigenvalue weighted by atomic mass is 35.6. The molecule has 7 heteroatoms. The summed E-state index contributed by atoms with van der Waals surface area (Å²) in [7, 11) is 0. The number of aryl methyl sites for hydroxylation is 2. The number of hydrogen-bond donors (Lipinski definition) is 2. The molecule has 0 unspecified atom stereocenters. The molecular weight excluding hydrogens is 357 g/mol. The van der Waals surface area contributed by atoms with Crippen LogP contribution in [0.25, 0.3) is 0 Å². The Kier molecular flexibility index (Phi) is 5.74. The molecule has 23 heavy (non-hydrogen) atoms. The summed E-state index contributed by atoms with van der Waals surface area (Å²) >= 11 is 18.0. The van der Waals surface area contributed by atoms with E-state index in [9.17, 15) is 4.79 Å². The van der Waals surface area contributed by atoms with Crippen LogP contribution < -0.4 is 10.6 Å². The third-order valence-electron chi connectivity index (χ3n) is 3.22. The predicted molar refractivity (Wildman–Crippen MR) is 95.3 cm³/mol. The van der Waals surface area contributed by atoms with E-state index >= 15 is 0 Å². The number of amides is 1. The molecule has 0 aliphatic rings. The summed E-state index contributed by atoms with van der Waals surface area (Å²) in [4.78, 5) is 16.2. The second-order valence-corrected chi connectivity index (χ2v) is 7.52. The summed E-state index contributed by atoms with van der Waals surface area (Å²) in [6.07, 6.45) is 2.13. The van der Waals surface area contributed by atoms with Gasteiger partial charge in [0.1, 0.15) is 6.17 Å². The van der Waals surface area contributed by atoms with Gasteiger partial charge in [0.25, 0.3) is 5.91 Å². The van der Waals surface area contributed by atoms with Gasteiger partial charge in [0, 0.05) is 18.1 Å². The molecule has 2 N–H and O–H groups in total. The maximum Gasteiger partial charge on any atom is 0.254 e. The Balaban J connectivity index is 2.21. The van der Waals surface area contributed by atoms with Crippen LogP contribution >= 0.6 is 34.8 Å². The second kappa shape index (κ2) is 7.39. The Bertz CT molecular complexity index is 687. The van der Waals surface area contributed by atoms with Gasteiger partial charge < -0.3 is 10.6 Å². The number of anilines is 1. The Morgan fingerprint density at radius 1 is 1.22 bits per heavy atom. The highest BCUT2D eigenvalue weighted by Crippen LogP contribution is 2.32. The molecule has 2 aromatic rings. The zero-order chi connectivity index (χ0) is 17.0. The maximum absolute atomic E-state index is 12.3. The van der Waals surface area contributed by atoms with Crippen molar-refractivity contribution < 1.29 is 4.79 Å². The first-order valence-electron chi connectivity index (χ1n) is 6.89. The average molecular weight is 373 g/mol. The molecule has 122 valence electrons. The van der Waals surface area contributed by atoms with Crippen LogP contribution in [0.1, 0.15) is 21.5 Å². The fraction of sp³-hybridized carbons (Fsp3) is 0.250. The van der Waals surface area contributed by atoms with Crippen LogP contribution in [0.5, 0.6) is 0 Å². The molecule has 0 radical (unpaired) electrons. The normalized spacial score (nSPS) is 12.6. The van der Waals surface area contributed by atoms with Crippen LogP contribution in [0.3, 0.4) is 0 Å². The molecule has 0 fully saturated rings. The molecule has 0 aliphatic carbocycles. The molecule has 1 atom stereocenters. The summed E-state index contributed by atoms with van der Waals surface area (Å²) < 4.78 is -1.73. The predicted octanol–water partition coefficient (Wildman–Crippen LogP) is 4.24. The van der Waals surface area contributed by atoms with Gasteiger partial charge in [0.05, 0.1) is 5.56 Å². The summed E-state index contributed by atoms with van der Waals surface area (Å²) in [5, 5.41) is 5.76. The lowest BCUT2D eigenvalue weighted by Crippen LogP contribution is -2.49. The lowest BCUT2D eigenvalue weighted by atomic mass is 10.1. The smallest absolute Gasteiger partial charge is 0.254 e. The van der Waals surface area contributed by atoms with Crippen LogP contribution in [0.2, 0.25) is 0 Å². The molecule has 0 saturated carbocycles. The van der Waals surface area contributed by atoms with E-state index in [1.807, 2.05) is 32.0 Å². The van der Waals surface area contributed by atoms with Crippen molar-refractivity contribution >= 4 is 46.4 Å². The number of pyridine rings is 1. The first kappa shape index (κ1) is 17.9. The Morgan fingerprint density at radius 2 is 1.96 bits per heavy atom. The van der Waals surface area contributed by atoms with E-state index in [-0.39, 0.29) is 5.91 Å². The van der Waals surface area contributed by atoms with Gasteiger partial charge in [-0.2, -0.15) is 0 Å². The van der Waals surface area contributed by atoms with Crippen molar-refractivity contribution in [3.05, 3.63) is 59.4 Å². The fourth-order valence-corrected chi connectivity index (χ4v) is 2.29. The van der Waals surface area contributed by atoms with Crippen molar-refractivity contribution in [1.82, 2.24) is 10.3 Å². The van der Waals surface area contributed by atoms with Gasteiger partial charge in [-0.25, -0.2) is 0 Å². The van der Waals surface area contributed by atoms with Gasteiger partial charge in [0.15, 0.2) is 0 Å². The number of carbonyl (C=O) groups excluding carboxylic acids is 1. The van der Waals surface area contributed by atoms with Gasteiger partial charge in [0.2, 0.25) is 3.79 Å². The first-order chi connectivity index (χ1) is 10.8. The molecule has 0 spiro atoms. The van der Waals surface area contributed by atoms with Gasteiger partial charge in [-0.3, -0.25) is 9.78 Å². The Morgan fingerprint density at radius 3 is 2.57 bits per heavy atom. The van der Waals surface area contributed by atoms with E-state index in [4.69, 9.17) is 34.8 Å². The highest BCUT2D eigenvalue weighted by Gasteiger charge is 2.34. The van der Waals surface area contributed by atoms with Crippen LogP contribution in [-0.4, -0.2) is 20.8 Å². The SMILES string of the molecule is Cc1ccc(C)c(N[C@@H](NC(=O)c2cccnc2)C(Cl)(Cl)Cl)c1. The van der Waals surface area contributed by atoms with Crippen molar-refractivity contribution in [3.63, 3.8) is 0 Å². The van der Waals surface area contributed by atoms with Gasteiger partial charge in [-0.1, -0.05) is 46.9 Å². The van der Waals surface area contributed by atoms with Crippen molar-refractivity contribution in [1.29, 1.82) is 0 Å². The fourth-order valence-electron chi connectivity index (χ4n) is 1.96. The summed E-state index contributed by atoms with van der Waals surface area (Å²) in [5.74, 6) is -0.382. The van der Waals surface area contributed by atoms with Crippen molar-refractivity contribution in [2.75, 3.05) is 5.32 Å². The molecule has 4 nitrogen and oxygen atoms in total. The number of aromatic nitrogens is 1. The molecule has 0 aliphatic heterocycles. The minimum atomic E-state index is -1.73. The highest BCUT2D eigenvalue weighted by molar-refractivity contribution is 6.68. The number of alkyl halides is 3. The summed E-state index contributed by atoms with van der Waals surface area (Å²) in [6, 6.07) is 9.16. The third kappa shape index (κ3) is 4.99. The van der Waals surface area contributed by atoms with Gasteiger partial charge in [-0.15, -0.1) is 0 Å². The topological polar surface area (TPSA) is 54.0 Å². The Labute approximate surface area is 150 Å². The van der Waals surface area contributed by atoms with Crippen molar-refractivity contribution in [3.8, 4) is 0 Å². The van der Waals surface area contributed by atoms with E-state index in [1.165, 1.54) is 6.20 Å². The van der Waals surface area contributed by atoms with E-state index in [0.29, 0.717) is 5.56 Å². The lowest BCUT2D eigenvalue weighted by Gasteiger charge is -2.28. The number of rotatable bonds is 4. The molecule has 0 saturated heterocycles. The third-order valence-corrected chi connectivity index (χ3v) is 3.87. The van der Waals surface area contributed by atoms with Crippen molar-refractivity contribution in [2.24, 2.45) is 0 Å². The van der Waals surface area contributed by atoms with Gasteiger partial charge >= 0.3 is 0 Å². The number of hydrogen-bond acceptors (Lipinski definition) is 3. The number of benzene rings is 1. The first-order valence-corrected chi connectivity index (χ1v) is 8.02. The maximum atomic E-state index is 12.3. The molecule has 0 bridgehead atoms. The quantitative estimate of drug-likeness (QED) is 0.623. The summed E-state index contributed by atoms with van der Waals surface area (Å²) in [6.45, 7) is 3.89. The molecular formula is C16H16Cl3N3O. The monoisotopic (exact) mass is 371 g/mol. The van der Waals surface area contributed by atoms with Crippen LogP contribution in [-0.2, 0) is 0 Å². The number of halogens is 3. The largest absolute Gasteiger partial charge is 0.362 e. The zero-order valence-electron chi connectivity index (χ0n) is 12.6. The van der Waals surface area contributed by atoms with E-state index < -0.39 is 9.96 Å². The number of carbonyl (C=O) groups is 1. The van der Waals surface area contributed by atoms with Crippen LogP contribution in [0.4, 0.5) is 5.69 Å². The molecule has 2 rings (SSSR count). The standard InChI is InChI=1S/C16H16Cl3N3O/c1-10-5-6-11(2)13(8-10)21-15(16(17,18)19)22-14(23)12-4-3-7-20-9-12/h3-9,15,21H,1-2H3,(H,22,23)/t15-/m0/s1. The minimum absolute atomic E-state index is 0.382. The number of nitrogens with one attached hydrogen (secondary N) is 2. The summed E-state index contributed by atoms with van der Waals surface area (Å²) in [5.41, 5.74) is 3.20. The zero-order valence-corrected chi connectivity index (χ0v) is 14.9. The van der Waals surface area contributed by atoms with Crippen molar-refractivity contribution in [2.45, 2.75) is 23.8 Å².